The van der Waals surface area contributed by atoms with Crippen molar-refractivity contribution < 1.29 is 22.4 Å². The van der Waals surface area contributed by atoms with Gasteiger partial charge in [0.2, 0.25) is 15.9 Å². The molecule has 0 spiro atoms. The van der Waals surface area contributed by atoms with Gasteiger partial charge in [0.25, 0.3) is 5.91 Å². The van der Waals surface area contributed by atoms with E-state index in [1.807, 2.05) is 0 Å². The second kappa shape index (κ2) is 8.28. The van der Waals surface area contributed by atoms with Crippen molar-refractivity contribution in [3.8, 4) is 0 Å². The van der Waals surface area contributed by atoms with Gasteiger partial charge in [-0.2, -0.15) is 0 Å². The molecule has 9 heteroatoms. The fourth-order valence-electron chi connectivity index (χ4n) is 2.16. The number of benzene rings is 2. The molecule has 1 unspecified atom stereocenters. The summed E-state index contributed by atoms with van der Waals surface area (Å²) in [5.41, 5.74) is 0.0890. The molecule has 7 nitrogen and oxygen atoms in total. The first-order valence-corrected chi connectivity index (χ1v) is 9.46. The summed E-state index contributed by atoms with van der Waals surface area (Å²) in [4.78, 5) is 24.5. The molecule has 0 heterocycles. The molecular formula is C18H20FN3O4S. The summed E-state index contributed by atoms with van der Waals surface area (Å²) in [6.07, 6.45) is 0. The van der Waals surface area contributed by atoms with Crippen LogP contribution in [0.3, 0.4) is 0 Å². The first-order chi connectivity index (χ1) is 12.6. The number of carbonyl (C=O) groups excluding carboxylic acids is 2. The number of sulfonamides is 1. The minimum Gasteiger partial charge on any atom is -0.341 e. The topological polar surface area (TPSA) is 95.6 Å². The highest BCUT2D eigenvalue weighted by Gasteiger charge is 2.21. The summed E-state index contributed by atoms with van der Waals surface area (Å²) in [5, 5.41) is 4.85. The molecule has 0 aliphatic carbocycles. The number of anilines is 1. The molecule has 0 radical (unpaired) electrons. The van der Waals surface area contributed by atoms with E-state index >= 15 is 0 Å². The number of rotatable bonds is 6. The Morgan fingerprint density at radius 3 is 2.37 bits per heavy atom. The summed E-state index contributed by atoms with van der Waals surface area (Å²) in [5.74, 6) is -1.82. The molecule has 0 saturated heterocycles. The van der Waals surface area contributed by atoms with Gasteiger partial charge in [0.15, 0.2) is 0 Å². The lowest BCUT2D eigenvalue weighted by atomic mass is 10.2. The molecule has 144 valence electrons. The van der Waals surface area contributed by atoms with Crippen molar-refractivity contribution >= 4 is 27.5 Å². The van der Waals surface area contributed by atoms with Gasteiger partial charge < -0.3 is 10.6 Å². The summed E-state index contributed by atoms with van der Waals surface area (Å²) in [6.45, 7) is 1.44. The third-order valence-electron chi connectivity index (χ3n) is 3.75. The third kappa shape index (κ3) is 4.89. The van der Waals surface area contributed by atoms with E-state index in [4.69, 9.17) is 0 Å². The minimum atomic E-state index is -3.69. The van der Waals surface area contributed by atoms with Crippen LogP contribution in [0.1, 0.15) is 17.3 Å². The average molecular weight is 393 g/mol. The molecule has 0 aliphatic rings. The number of nitrogens with zero attached hydrogens (tertiary/aromatic N) is 1. The van der Waals surface area contributed by atoms with Crippen molar-refractivity contribution in [1.29, 1.82) is 0 Å². The van der Waals surface area contributed by atoms with E-state index < -0.39 is 33.7 Å². The van der Waals surface area contributed by atoms with Crippen LogP contribution in [0.5, 0.6) is 0 Å². The van der Waals surface area contributed by atoms with Crippen molar-refractivity contribution in [2.45, 2.75) is 17.9 Å². The second-order valence-electron chi connectivity index (χ2n) is 5.98. The average Bonchev–Trinajstić information content (AvgIpc) is 2.63. The van der Waals surface area contributed by atoms with Crippen LogP contribution in [0.2, 0.25) is 0 Å². The van der Waals surface area contributed by atoms with Crippen molar-refractivity contribution in [3.05, 3.63) is 59.9 Å². The molecule has 2 N–H and O–H groups in total. The molecule has 2 aromatic rings. The number of halogens is 1. The van der Waals surface area contributed by atoms with Gasteiger partial charge in [-0.05, 0) is 37.3 Å². The number of carbonyl (C=O) groups is 2. The van der Waals surface area contributed by atoms with Gasteiger partial charge in [-0.25, -0.2) is 17.1 Å². The predicted molar refractivity (Wildman–Crippen MR) is 99.3 cm³/mol. The highest BCUT2D eigenvalue weighted by atomic mass is 32.2. The Labute approximate surface area is 157 Å². The molecule has 0 saturated carbocycles. The molecule has 2 amide bonds. The first kappa shape index (κ1) is 20.5. The van der Waals surface area contributed by atoms with E-state index in [0.717, 1.165) is 4.31 Å². The van der Waals surface area contributed by atoms with Crippen molar-refractivity contribution in [1.82, 2.24) is 9.62 Å². The summed E-state index contributed by atoms with van der Waals surface area (Å²) in [6, 6.07) is 10.2. The zero-order chi connectivity index (χ0) is 20.2. The van der Waals surface area contributed by atoms with Crippen LogP contribution in [-0.2, 0) is 14.8 Å². The van der Waals surface area contributed by atoms with E-state index in [1.165, 1.54) is 63.5 Å². The van der Waals surface area contributed by atoms with Crippen LogP contribution < -0.4 is 10.6 Å². The fraction of sp³-hybridized carbons (Fsp3) is 0.222. The smallest absolute Gasteiger partial charge is 0.251 e. The van der Waals surface area contributed by atoms with Gasteiger partial charge in [0.1, 0.15) is 11.9 Å². The van der Waals surface area contributed by atoms with Gasteiger partial charge in [0, 0.05) is 19.7 Å². The summed E-state index contributed by atoms with van der Waals surface area (Å²) < 4.78 is 39.0. The van der Waals surface area contributed by atoms with Crippen LogP contribution >= 0.6 is 0 Å². The second-order valence-corrected chi connectivity index (χ2v) is 8.13. The van der Waals surface area contributed by atoms with Crippen molar-refractivity contribution in [3.63, 3.8) is 0 Å². The fourth-order valence-corrected chi connectivity index (χ4v) is 3.11. The largest absolute Gasteiger partial charge is 0.341 e. The van der Waals surface area contributed by atoms with Gasteiger partial charge in [-0.1, -0.05) is 18.2 Å². The lowest BCUT2D eigenvalue weighted by molar-refractivity contribution is -0.117. The molecule has 0 fully saturated rings. The Morgan fingerprint density at radius 2 is 1.74 bits per heavy atom. The molecule has 0 aromatic heterocycles. The predicted octanol–water partition coefficient (Wildman–Crippen LogP) is 1.83. The van der Waals surface area contributed by atoms with E-state index in [-0.39, 0.29) is 16.1 Å². The molecule has 2 rings (SSSR count). The van der Waals surface area contributed by atoms with Gasteiger partial charge >= 0.3 is 0 Å². The maximum absolute atomic E-state index is 13.6. The first-order valence-electron chi connectivity index (χ1n) is 8.02. The van der Waals surface area contributed by atoms with Crippen LogP contribution in [0.25, 0.3) is 0 Å². The lowest BCUT2D eigenvalue weighted by Gasteiger charge is -2.15. The van der Waals surface area contributed by atoms with Gasteiger partial charge in [-0.3, -0.25) is 9.59 Å². The van der Waals surface area contributed by atoms with E-state index in [0.29, 0.717) is 0 Å². The summed E-state index contributed by atoms with van der Waals surface area (Å²) >= 11 is 0. The van der Waals surface area contributed by atoms with Gasteiger partial charge in [-0.15, -0.1) is 0 Å². The zero-order valence-electron chi connectivity index (χ0n) is 15.1. The highest BCUT2D eigenvalue weighted by Crippen LogP contribution is 2.15. The number of amides is 2. The molecular weight excluding hydrogens is 373 g/mol. The molecule has 1 atom stereocenters. The molecule has 0 aliphatic heterocycles. The lowest BCUT2D eigenvalue weighted by Crippen LogP contribution is -2.41. The van der Waals surface area contributed by atoms with E-state index in [1.54, 1.807) is 6.07 Å². The van der Waals surface area contributed by atoms with Crippen molar-refractivity contribution in [2.24, 2.45) is 0 Å². The number of nitrogens with one attached hydrogen (secondary N) is 2. The number of para-hydroxylation sites is 1. The maximum atomic E-state index is 13.6. The molecule has 27 heavy (non-hydrogen) atoms. The quantitative estimate of drug-likeness (QED) is 0.783. The monoisotopic (exact) mass is 393 g/mol. The standard InChI is InChI=1S/C18H20FN3O4S/c1-12(17(23)21-16-10-5-4-9-15(16)19)20-18(24)13-7-6-8-14(11-13)27(25,26)22(2)3/h4-12H,1-3H3,(H,20,24)(H,21,23). The normalized spacial score (nSPS) is 12.5. The highest BCUT2D eigenvalue weighted by molar-refractivity contribution is 7.89. The maximum Gasteiger partial charge on any atom is 0.251 e. The van der Waals surface area contributed by atoms with Crippen LogP contribution in [0, 0.1) is 5.82 Å². The SMILES string of the molecule is CC(NC(=O)c1cccc(S(=O)(=O)N(C)C)c1)C(=O)Nc1ccccc1F. The summed E-state index contributed by atoms with van der Waals surface area (Å²) in [7, 11) is -0.919. The number of hydrogen-bond acceptors (Lipinski definition) is 4. The van der Waals surface area contributed by atoms with Crippen LogP contribution in [-0.4, -0.2) is 44.7 Å². The van der Waals surface area contributed by atoms with Crippen LogP contribution in [0.4, 0.5) is 10.1 Å². The van der Waals surface area contributed by atoms with Crippen molar-refractivity contribution in [2.75, 3.05) is 19.4 Å². The zero-order valence-corrected chi connectivity index (χ0v) is 15.9. The van der Waals surface area contributed by atoms with E-state index in [2.05, 4.69) is 10.6 Å². The van der Waals surface area contributed by atoms with Crippen LogP contribution in [0.15, 0.2) is 53.4 Å². The Morgan fingerprint density at radius 1 is 1.07 bits per heavy atom. The number of hydrogen-bond donors (Lipinski definition) is 2. The Kier molecular flexibility index (Phi) is 6.29. The molecule has 0 bridgehead atoms. The Balaban J connectivity index is 2.10. The Bertz CT molecular complexity index is 961. The Hall–Kier alpha value is -2.78. The minimum absolute atomic E-state index is 0.00247. The molecule has 2 aromatic carbocycles. The van der Waals surface area contributed by atoms with E-state index in [9.17, 15) is 22.4 Å². The van der Waals surface area contributed by atoms with Gasteiger partial charge in [0.05, 0.1) is 10.6 Å². The third-order valence-corrected chi connectivity index (χ3v) is 5.56.